The van der Waals surface area contributed by atoms with Crippen molar-refractivity contribution in [2.45, 2.75) is 32.6 Å². The van der Waals surface area contributed by atoms with Gasteiger partial charge in [0.1, 0.15) is 17.5 Å². The third-order valence-corrected chi connectivity index (χ3v) is 7.05. The molecule has 3 aliphatic rings. The number of nitriles is 1. The van der Waals surface area contributed by atoms with Crippen molar-refractivity contribution in [3.8, 4) is 17.6 Å². The van der Waals surface area contributed by atoms with E-state index in [9.17, 15) is 14.4 Å². The van der Waals surface area contributed by atoms with Crippen LogP contribution in [0.4, 0.5) is 14.5 Å². The molecule has 6 rings (SSSR count). The number of halogens is 2. The third kappa shape index (κ3) is 3.70. The van der Waals surface area contributed by atoms with Crippen molar-refractivity contribution in [3.05, 3.63) is 95.0 Å². The van der Waals surface area contributed by atoms with Gasteiger partial charge in [0.05, 0.1) is 23.2 Å². The van der Waals surface area contributed by atoms with Gasteiger partial charge in [-0.1, -0.05) is 19.9 Å². The van der Waals surface area contributed by atoms with Gasteiger partial charge in [-0.25, -0.2) is 8.78 Å². The highest BCUT2D eigenvalue weighted by atomic mass is 19.1. The minimum Gasteiger partial charge on any atom is -0.454 e. The van der Waals surface area contributed by atoms with Crippen molar-refractivity contribution in [3.63, 3.8) is 0 Å². The van der Waals surface area contributed by atoms with Crippen molar-refractivity contribution in [1.82, 2.24) is 4.57 Å². The Morgan fingerprint density at radius 1 is 1.03 bits per heavy atom. The molecule has 0 N–H and O–H groups in total. The highest BCUT2D eigenvalue weighted by molar-refractivity contribution is 6.03. The number of anilines is 1. The van der Waals surface area contributed by atoms with Crippen LogP contribution in [0.5, 0.6) is 11.5 Å². The molecule has 1 atom stereocenters. The summed E-state index contributed by atoms with van der Waals surface area (Å²) in [5.41, 5.74) is 1.66. The molecule has 2 aromatic carbocycles. The maximum absolute atomic E-state index is 15.4. The molecule has 0 saturated heterocycles. The van der Waals surface area contributed by atoms with Crippen molar-refractivity contribution in [1.29, 1.82) is 5.26 Å². The number of ketones is 1. The zero-order valence-corrected chi connectivity index (χ0v) is 20.3. The molecule has 2 aliphatic heterocycles. The van der Waals surface area contributed by atoms with Crippen LogP contribution < -0.4 is 14.4 Å². The molecule has 1 aliphatic carbocycles. The lowest BCUT2D eigenvalue weighted by atomic mass is 9.68. The van der Waals surface area contributed by atoms with Gasteiger partial charge in [0.2, 0.25) is 6.79 Å². The van der Waals surface area contributed by atoms with Crippen LogP contribution >= 0.6 is 0 Å². The number of ether oxygens (including phenoxy) is 2. The normalized spacial score (nSPS) is 20.2. The van der Waals surface area contributed by atoms with E-state index < -0.39 is 23.0 Å². The van der Waals surface area contributed by atoms with Crippen LogP contribution in [0.1, 0.15) is 38.2 Å². The van der Waals surface area contributed by atoms with E-state index in [1.807, 2.05) is 19.9 Å². The number of carbonyl (C=O) groups is 1. The second-order valence-corrected chi connectivity index (χ2v) is 10.2. The second kappa shape index (κ2) is 8.34. The fraction of sp³-hybridized carbons (Fsp3) is 0.241. The number of hydrogen-bond acceptors (Lipinski definition) is 5. The van der Waals surface area contributed by atoms with E-state index in [2.05, 4.69) is 6.07 Å². The molecule has 0 amide bonds. The molecule has 37 heavy (non-hydrogen) atoms. The molecule has 0 spiro atoms. The quantitative estimate of drug-likeness (QED) is 0.433. The lowest BCUT2D eigenvalue weighted by Gasteiger charge is -2.45. The van der Waals surface area contributed by atoms with Gasteiger partial charge in [-0.3, -0.25) is 9.69 Å². The molecule has 0 saturated carbocycles. The Morgan fingerprint density at radius 3 is 2.51 bits per heavy atom. The van der Waals surface area contributed by atoms with Gasteiger partial charge in [0.25, 0.3) is 0 Å². The number of fused-ring (bicyclic) bond motifs is 1. The largest absolute Gasteiger partial charge is 0.454 e. The first kappa shape index (κ1) is 23.0. The number of nitrogens with zero attached hydrogens (tertiary/aromatic N) is 3. The minimum atomic E-state index is -0.786. The molecule has 6 nitrogen and oxygen atoms in total. The van der Waals surface area contributed by atoms with Crippen LogP contribution in [-0.2, 0) is 4.79 Å². The first-order valence-corrected chi connectivity index (χ1v) is 12.0. The summed E-state index contributed by atoms with van der Waals surface area (Å²) >= 11 is 0. The van der Waals surface area contributed by atoms with E-state index in [0.29, 0.717) is 40.6 Å². The van der Waals surface area contributed by atoms with Crippen LogP contribution in [-0.4, -0.2) is 17.1 Å². The average Bonchev–Trinajstić information content (AvgIpc) is 3.54. The molecule has 8 heteroatoms. The Labute approximate surface area is 212 Å². The minimum absolute atomic E-state index is 0.0694. The Kier molecular flexibility index (Phi) is 5.19. The number of carbonyl (C=O) groups excluding carboxylic acids is 1. The molecule has 3 aromatic rings. The van der Waals surface area contributed by atoms with Gasteiger partial charge in [-0.15, -0.1) is 0 Å². The predicted molar refractivity (Wildman–Crippen MR) is 132 cm³/mol. The Bertz CT molecular complexity index is 1550. The van der Waals surface area contributed by atoms with Crippen molar-refractivity contribution < 1.29 is 23.0 Å². The fourth-order valence-electron chi connectivity index (χ4n) is 5.54. The second-order valence-electron chi connectivity index (χ2n) is 10.2. The topological polar surface area (TPSA) is 67.5 Å². The van der Waals surface area contributed by atoms with E-state index in [0.717, 1.165) is 6.07 Å². The summed E-state index contributed by atoms with van der Waals surface area (Å²) in [5.74, 6) is -0.784. The van der Waals surface area contributed by atoms with Crippen LogP contribution in [0, 0.1) is 28.4 Å². The maximum Gasteiger partial charge on any atom is 0.231 e. The first-order valence-electron chi connectivity index (χ1n) is 12.0. The van der Waals surface area contributed by atoms with Crippen LogP contribution in [0.3, 0.4) is 0 Å². The van der Waals surface area contributed by atoms with E-state index in [4.69, 9.17) is 9.47 Å². The highest BCUT2D eigenvalue weighted by Crippen LogP contribution is 2.53. The number of hydrogen-bond donors (Lipinski definition) is 0. The number of benzene rings is 2. The maximum atomic E-state index is 15.4. The number of aromatic nitrogens is 1. The molecule has 0 unspecified atom stereocenters. The molecule has 0 radical (unpaired) electrons. The van der Waals surface area contributed by atoms with Gasteiger partial charge >= 0.3 is 0 Å². The molecular formula is C29H23F2N3O3. The number of rotatable bonds is 3. The Morgan fingerprint density at radius 2 is 1.78 bits per heavy atom. The summed E-state index contributed by atoms with van der Waals surface area (Å²) in [6.45, 7) is 4.07. The summed E-state index contributed by atoms with van der Waals surface area (Å²) in [6, 6.07) is 14.7. The Balaban J connectivity index is 1.68. The molecule has 1 aromatic heterocycles. The summed E-state index contributed by atoms with van der Waals surface area (Å²) in [5, 5.41) is 10.6. The van der Waals surface area contributed by atoms with Gasteiger partial charge in [0.15, 0.2) is 17.3 Å². The average molecular weight is 500 g/mol. The van der Waals surface area contributed by atoms with E-state index in [1.165, 1.54) is 12.1 Å². The molecule has 0 fully saturated rings. The summed E-state index contributed by atoms with van der Waals surface area (Å²) in [4.78, 5) is 15.4. The third-order valence-electron chi connectivity index (χ3n) is 7.05. The van der Waals surface area contributed by atoms with E-state index in [-0.39, 0.29) is 30.3 Å². The van der Waals surface area contributed by atoms with Crippen LogP contribution in [0.15, 0.2) is 77.8 Å². The molecule has 3 heterocycles. The summed E-state index contributed by atoms with van der Waals surface area (Å²) < 4.78 is 42.1. The first-order chi connectivity index (χ1) is 17.8. The zero-order chi connectivity index (χ0) is 25.9. The van der Waals surface area contributed by atoms with Crippen molar-refractivity contribution in [2.24, 2.45) is 5.41 Å². The predicted octanol–water partition coefficient (Wildman–Crippen LogP) is 6.13. The Hall–Kier alpha value is -4.38. The number of allylic oxidation sites excluding steroid dienone is 3. The lowest BCUT2D eigenvalue weighted by molar-refractivity contribution is -0.118. The molecular weight excluding hydrogens is 476 g/mol. The lowest BCUT2D eigenvalue weighted by Crippen LogP contribution is -2.40. The smallest absolute Gasteiger partial charge is 0.231 e. The monoisotopic (exact) mass is 499 g/mol. The SMILES string of the molecule is CC1(C)CC(=O)C2=C(C1)N(c1ccc(F)cc1F)C(n1cccc1)=C(C#N)[C@H]2c1ccc2c(c1)OCO2. The van der Waals surface area contributed by atoms with Gasteiger partial charge in [-0.05, 0) is 53.8 Å². The standard InChI is InChI=1S/C29H23F2N3O3/c1-29(2)13-22-27(23(35)14-29)26(17-5-8-24-25(11-17)37-16-36-24)19(15-32)28(33-9-3-4-10-33)34(22)21-7-6-18(30)12-20(21)31/h3-12,26H,13-14,16H2,1-2H3/t26-/m1/s1. The van der Waals surface area contributed by atoms with Gasteiger partial charge in [0, 0.05) is 36.2 Å². The molecule has 0 bridgehead atoms. The zero-order valence-electron chi connectivity index (χ0n) is 20.3. The van der Waals surface area contributed by atoms with E-state index >= 15 is 4.39 Å². The summed E-state index contributed by atoms with van der Waals surface area (Å²) in [6.07, 6.45) is 4.26. The van der Waals surface area contributed by atoms with Crippen molar-refractivity contribution in [2.75, 3.05) is 11.7 Å². The van der Waals surface area contributed by atoms with Crippen molar-refractivity contribution >= 4 is 17.3 Å². The summed E-state index contributed by atoms with van der Waals surface area (Å²) in [7, 11) is 0. The number of Topliss-reactive ketones (excluding diaryl/α,β-unsaturated/α-hetero) is 1. The van der Waals surface area contributed by atoms with E-state index in [1.54, 1.807) is 46.1 Å². The van der Waals surface area contributed by atoms with Crippen LogP contribution in [0.25, 0.3) is 5.82 Å². The molecule has 186 valence electrons. The fourth-order valence-corrected chi connectivity index (χ4v) is 5.54. The van der Waals surface area contributed by atoms with Crippen LogP contribution in [0.2, 0.25) is 0 Å². The van der Waals surface area contributed by atoms with Gasteiger partial charge in [-0.2, -0.15) is 5.26 Å². The highest BCUT2D eigenvalue weighted by Gasteiger charge is 2.46. The van der Waals surface area contributed by atoms with Gasteiger partial charge < -0.3 is 14.0 Å².